The van der Waals surface area contributed by atoms with E-state index < -0.39 is 41.0 Å². The number of hydrogen-bond donors (Lipinski definition) is 2. The molecule has 2 aliphatic rings. The summed E-state index contributed by atoms with van der Waals surface area (Å²) in [4.78, 5) is 31.4. The number of fused-ring (bicyclic) bond motifs is 1. The van der Waals surface area contributed by atoms with Gasteiger partial charge in [0.15, 0.2) is 0 Å². The van der Waals surface area contributed by atoms with Crippen molar-refractivity contribution in [2.24, 2.45) is 0 Å². The first-order valence-electron chi connectivity index (χ1n) is 14.1. The van der Waals surface area contributed by atoms with Gasteiger partial charge in [-0.05, 0) is 66.3 Å². The smallest absolute Gasteiger partial charge is 0.430 e. The molecule has 45 heavy (non-hydrogen) atoms. The first-order chi connectivity index (χ1) is 21.1. The number of aromatic nitrogens is 1. The van der Waals surface area contributed by atoms with E-state index in [1.165, 1.54) is 12.3 Å². The van der Waals surface area contributed by atoms with E-state index in [0.717, 1.165) is 22.3 Å². The van der Waals surface area contributed by atoms with Gasteiger partial charge in [-0.2, -0.15) is 26.3 Å². The number of amides is 3. The normalized spacial score (nSPS) is 18.6. The third-order valence-corrected chi connectivity index (χ3v) is 8.00. The molecule has 1 atom stereocenters. The zero-order valence-electron chi connectivity index (χ0n) is 24.2. The number of carbonyl (C=O) groups excluding carboxylic acids is 2. The van der Waals surface area contributed by atoms with Gasteiger partial charge >= 0.3 is 18.4 Å². The van der Waals surface area contributed by atoms with Crippen molar-refractivity contribution in [3.8, 4) is 17.4 Å². The molecule has 1 unspecified atom stereocenters. The van der Waals surface area contributed by atoms with Crippen molar-refractivity contribution in [3.05, 3.63) is 82.5 Å². The molecule has 2 aliphatic heterocycles. The lowest BCUT2D eigenvalue weighted by molar-refractivity contribution is -0.376. The van der Waals surface area contributed by atoms with E-state index in [1.54, 1.807) is 32.0 Å². The van der Waals surface area contributed by atoms with Crippen molar-refractivity contribution >= 4 is 11.9 Å². The highest BCUT2D eigenvalue weighted by Crippen LogP contribution is 2.50. The number of imide groups is 1. The maximum absolute atomic E-state index is 13.4. The second kappa shape index (κ2) is 11.5. The molecule has 0 bridgehead atoms. The fraction of sp³-hybridized carbons (Fsp3) is 0.387. The Hall–Kier alpha value is -4.33. The second-order valence-electron chi connectivity index (χ2n) is 11.1. The number of carbonyl (C=O) groups is 2. The predicted octanol–water partition coefficient (Wildman–Crippen LogP) is 6.08. The molecule has 14 heteroatoms. The number of alkyl halides is 6. The molecule has 0 spiro atoms. The average molecular weight is 638 g/mol. The van der Waals surface area contributed by atoms with Gasteiger partial charge in [-0.15, -0.1) is 0 Å². The van der Waals surface area contributed by atoms with Gasteiger partial charge in [0.1, 0.15) is 17.0 Å². The summed E-state index contributed by atoms with van der Waals surface area (Å²) < 4.78 is 91.6. The Bertz CT molecular complexity index is 1590. The van der Waals surface area contributed by atoms with Gasteiger partial charge in [-0.25, -0.2) is 9.78 Å². The molecule has 0 saturated carbocycles. The lowest BCUT2D eigenvalue weighted by Gasteiger charge is -2.33. The zero-order chi connectivity index (χ0) is 32.8. The first kappa shape index (κ1) is 32.1. The fourth-order valence-corrected chi connectivity index (χ4v) is 5.42. The van der Waals surface area contributed by atoms with E-state index >= 15 is 0 Å². The summed E-state index contributed by atoms with van der Waals surface area (Å²) in [7, 11) is 0. The Morgan fingerprint density at radius 1 is 1.02 bits per heavy atom. The van der Waals surface area contributed by atoms with E-state index in [0.29, 0.717) is 42.7 Å². The largest absolute Gasteiger partial charge is 0.493 e. The van der Waals surface area contributed by atoms with Crippen LogP contribution in [0.15, 0.2) is 54.7 Å². The molecule has 0 radical (unpaired) electrons. The standard InChI is InChI=1S/C31H29F6N3O5/c1-3-4-19-16-22(29(43,30(32,33)34)31(35,36)37)7-9-24(19)45-25-10-5-18(17-38-25)11-13-40-26(41)28(2,39-27(40)42)21-6-8-23-20(15-21)12-14-44-23/h5-10,15-17,43H,3-4,11-14H2,1-2H3,(H,39,42). The van der Waals surface area contributed by atoms with Crippen LogP contribution in [0.25, 0.3) is 0 Å². The summed E-state index contributed by atoms with van der Waals surface area (Å²) >= 11 is 0. The van der Waals surface area contributed by atoms with Crippen LogP contribution in [-0.4, -0.2) is 52.4 Å². The maximum Gasteiger partial charge on any atom is 0.430 e. The van der Waals surface area contributed by atoms with Crippen LogP contribution in [-0.2, 0) is 35.2 Å². The van der Waals surface area contributed by atoms with E-state index in [9.17, 15) is 41.0 Å². The zero-order valence-corrected chi connectivity index (χ0v) is 24.2. The molecule has 2 N–H and O–H groups in total. The molecule has 3 aromatic rings. The topological polar surface area (TPSA) is 101 Å². The van der Waals surface area contributed by atoms with Crippen LogP contribution in [0, 0.1) is 0 Å². The molecule has 5 rings (SSSR count). The van der Waals surface area contributed by atoms with Gasteiger partial charge in [0.25, 0.3) is 11.5 Å². The van der Waals surface area contributed by atoms with Crippen LogP contribution in [0.2, 0.25) is 0 Å². The molecule has 1 fully saturated rings. The monoisotopic (exact) mass is 637 g/mol. The van der Waals surface area contributed by atoms with E-state index in [4.69, 9.17) is 9.47 Å². The van der Waals surface area contributed by atoms with E-state index in [-0.39, 0.29) is 36.6 Å². The second-order valence-corrected chi connectivity index (χ2v) is 11.1. The first-order valence-corrected chi connectivity index (χ1v) is 14.1. The van der Waals surface area contributed by atoms with Crippen molar-refractivity contribution < 1.29 is 50.5 Å². The molecule has 1 aromatic heterocycles. The Kier molecular flexibility index (Phi) is 8.23. The minimum absolute atomic E-state index is 0.00825. The Morgan fingerprint density at radius 2 is 1.76 bits per heavy atom. The molecule has 8 nitrogen and oxygen atoms in total. The molecule has 3 heterocycles. The summed E-state index contributed by atoms with van der Waals surface area (Å²) in [6.45, 7) is 3.93. The lowest BCUT2D eigenvalue weighted by atomic mass is 9.90. The summed E-state index contributed by atoms with van der Waals surface area (Å²) in [5.41, 5.74) is -5.41. The number of pyridine rings is 1. The van der Waals surface area contributed by atoms with E-state index in [1.807, 2.05) is 6.07 Å². The summed E-state index contributed by atoms with van der Waals surface area (Å²) in [6, 6.07) is 10.00. The van der Waals surface area contributed by atoms with Crippen LogP contribution in [0.3, 0.4) is 0 Å². The highest BCUT2D eigenvalue weighted by Gasteiger charge is 2.71. The van der Waals surface area contributed by atoms with Gasteiger partial charge in [-0.1, -0.05) is 31.5 Å². The number of urea groups is 1. The lowest BCUT2D eigenvalue weighted by Crippen LogP contribution is -2.53. The number of aliphatic hydroxyl groups is 1. The Balaban J connectivity index is 1.27. The van der Waals surface area contributed by atoms with Crippen molar-refractivity contribution in [2.45, 2.75) is 63.0 Å². The van der Waals surface area contributed by atoms with Gasteiger partial charge in [0, 0.05) is 30.8 Å². The fourth-order valence-electron chi connectivity index (χ4n) is 5.42. The number of aryl methyl sites for hydroxylation is 1. The number of rotatable bonds is 9. The molecule has 240 valence electrons. The number of hydrogen-bond acceptors (Lipinski definition) is 6. The highest BCUT2D eigenvalue weighted by molar-refractivity contribution is 6.07. The Labute approximate surface area is 254 Å². The van der Waals surface area contributed by atoms with Gasteiger partial charge in [0.05, 0.1) is 6.61 Å². The molecular formula is C31H29F6N3O5. The molecular weight excluding hydrogens is 608 g/mol. The number of nitrogens with one attached hydrogen (secondary N) is 1. The summed E-state index contributed by atoms with van der Waals surface area (Å²) in [6.07, 6.45) is -9.20. The van der Waals surface area contributed by atoms with Crippen LogP contribution in [0.4, 0.5) is 31.1 Å². The van der Waals surface area contributed by atoms with Crippen LogP contribution >= 0.6 is 0 Å². The number of ether oxygens (including phenoxy) is 2. The van der Waals surface area contributed by atoms with Crippen molar-refractivity contribution in [3.63, 3.8) is 0 Å². The van der Waals surface area contributed by atoms with Crippen molar-refractivity contribution in [1.29, 1.82) is 0 Å². The van der Waals surface area contributed by atoms with E-state index in [2.05, 4.69) is 10.3 Å². The summed E-state index contributed by atoms with van der Waals surface area (Å²) in [5.74, 6) is 0.330. The predicted molar refractivity (Wildman–Crippen MR) is 148 cm³/mol. The third-order valence-electron chi connectivity index (χ3n) is 8.00. The van der Waals surface area contributed by atoms with Crippen molar-refractivity contribution in [1.82, 2.24) is 15.2 Å². The number of halogens is 6. The van der Waals surface area contributed by atoms with Gasteiger partial charge in [0.2, 0.25) is 5.88 Å². The maximum atomic E-state index is 13.4. The minimum Gasteiger partial charge on any atom is -0.493 e. The van der Waals surface area contributed by atoms with Crippen molar-refractivity contribution in [2.75, 3.05) is 13.2 Å². The Morgan fingerprint density at radius 3 is 2.40 bits per heavy atom. The minimum atomic E-state index is -6.01. The highest BCUT2D eigenvalue weighted by atomic mass is 19.4. The molecule has 1 saturated heterocycles. The van der Waals surface area contributed by atoms with Gasteiger partial charge in [-0.3, -0.25) is 9.69 Å². The quantitative estimate of drug-likeness (QED) is 0.218. The number of benzene rings is 2. The molecule has 0 aliphatic carbocycles. The molecule has 2 aromatic carbocycles. The SMILES string of the molecule is CCCc1cc(C(O)(C(F)(F)F)C(F)(F)F)ccc1Oc1ccc(CCN2C(=O)NC(C)(c3ccc4c(c3)CCO4)C2=O)cn1. The van der Waals surface area contributed by atoms with Crippen LogP contribution in [0.5, 0.6) is 17.4 Å². The summed E-state index contributed by atoms with van der Waals surface area (Å²) in [5, 5.41) is 12.6. The third kappa shape index (κ3) is 5.78. The average Bonchev–Trinajstić information content (AvgIpc) is 3.53. The van der Waals surface area contributed by atoms with Crippen LogP contribution in [0.1, 0.15) is 48.1 Å². The molecule has 3 amide bonds. The van der Waals surface area contributed by atoms with Crippen LogP contribution < -0.4 is 14.8 Å². The number of nitrogens with zero attached hydrogens (tertiary/aromatic N) is 2. The van der Waals surface area contributed by atoms with Gasteiger partial charge < -0.3 is 19.9 Å².